The lowest BCUT2D eigenvalue weighted by molar-refractivity contribution is 0.0421. The molecular formula is C19H26N2OS. The fraction of sp³-hybridized carbons (Fsp3) is 0.526. The van der Waals surface area contributed by atoms with Gasteiger partial charge >= 0.3 is 0 Å². The van der Waals surface area contributed by atoms with Crippen LogP contribution in [0.1, 0.15) is 44.6 Å². The van der Waals surface area contributed by atoms with Gasteiger partial charge in [-0.2, -0.15) is 0 Å². The number of thioether (sulfide) groups is 1. The molecule has 1 aliphatic rings. The van der Waals surface area contributed by atoms with E-state index in [0.29, 0.717) is 13.0 Å². The first-order valence-electron chi connectivity index (χ1n) is 8.54. The van der Waals surface area contributed by atoms with Gasteiger partial charge in [0.1, 0.15) is 0 Å². The highest BCUT2D eigenvalue weighted by Crippen LogP contribution is 2.33. The summed E-state index contributed by atoms with van der Waals surface area (Å²) in [5, 5.41) is 11.4. The Morgan fingerprint density at radius 3 is 2.61 bits per heavy atom. The minimum atomic E-state index is -0.765. The molecule has 1 atom stereocenters. The third-order valence-electron chi connectivity index (χ3n) is 4.45. The van der Waals surface area contributed by atoms with Crippen molar-refractivity contribution in [1.82, 2.24) is 9.55 Å². The van der Waals surface area contributed by atoms with Gasteiger partial charge in [-0.05, 0) is 37.5 Å². The van der Waals surface area contributed by atoms with Crippen LogP contribution in [0.3, 0.4) is 0 Å². The molecule has 1 aliphatic carbocycles. The van der Waals surface area contributed by atoms with E-state index in [-0.39, 0.29) is 0 Å². The van der Waals surface area contributed by atoms with E-state index in [1.54, 1.807) is 12.5 Å². The molecule has 4 heteroatoms. The van der Waals surface area contributed by atoms with E-state index in [1.807, 2.05) is 29.4 Å². The van der Waals surface area contributed by atoms with Crippen molar-refractivity contribution in [1.29, 1.82) is 0 Å². The predicted octanol–water partition coefficient (Wildman–Crippen LogP) is 4.30. The second kappa shape index (κ2) is 7.54. The molecule has 0 bridgehead atoms. The van der Waals surface area contributed by atoms with Crippen LogP contribution in [0.15, 0.2) is 47.9 Å². The molecule has 2 aromatic rings. The highest BCUT2D eigenvalue weighted by molar-refractivity contribution is 8.00. The molecule has 3 nitrogen and oxygen atoms in total. The highest BCUT2D eigenvalue weighted by atomic mass is 32.2. The van der Waals surface area contributed by atoms with Gasteiger partial charge in [-0.15, -0.1) is 11.8 Å². The molecule has 1 aromatic carbocycles. The van der Waals surface area contributed by atoms with Crippen LogP contribution >= 0.6 is 11.8 Å². The summed E-state index contributed by atoms with van der Waals surface area (Å²) in [6, 6.07) is 8.74. The Hall–Kier alpha value is -1.26. The number of aliphatic hydroxyl groups is 1. The fourth-order valence-corrected chi connectivity index (χ4v) is 4.58. The van der Waals surface area contributed by atoms with Gasteiger partial charge in [-0.25, -0.2) is 4.98 Å². The van der Waals surface area contributed by atoms with Crippen LogP contribution in [0.25, 0.3) is 0 Å². The Morgan fingerprint density at radius 1 is 1.22 bits per heavy atom. The SMILES string of the molecule is CC(O)(Cc1ccc(SC2CCCCC2)cc1)Cn1ccnc1. The van der Waals surface area contributed by atoms with E-state index in [9.17, 15) is 5.11 Å². The van der Waals surface area contributed by atoms with Gasteiger partial charge in [0.05, 0.1) is 18.5 Å². The van der Waals surface area contributed by atoms with Crippen LogP contribution in [0.5, 0.6) is 0 Å². The van der Waals surface area contributed by atoms with E-state index < -0.39 is 5.60 Å². The number of aromatic nitrogens is 2. The molecule has 1 N–H and O–H groups in total. The summed E-state index contributed by atoms with van der Waals surface area (Å²) in [7, 11) is 0. The molecule has 1 unspecified atom stereocenters. The minimum absolute atomic E-state index is 0.561. The van der Waals surface area contributed by atoms with Crippen molar-refractivity contribution >= 4 is 11.8 Å². The van der Waals surface area contributed by atoms with Crippen molar-refractivity contribution in [2.24, 2.45) is 0 Å². The molecule has 0 aliphatic heterocycles. The average Bonchev–Trinajstić information content (AvgIpc) is 3.02. The first kappa shape index (κ1) is 16.6. The van der Waals surface area contributed by atoms with Crippen molar-refractivity contribution < 1.29 is 5.11 Å². The molecule has 1 heterocycles. The van der Waals surface area contributed by atoms with Crippen molar-refractivity contribution in [3.63, 3.8) is 0 Å². The quantitative estimate of drug-likeness (QED) is 0.858. The van der Waals surface area contributed by atoms with Crippen LogP contribution in [0, 0.1) is 0 Å². The summed E-state index contributed by atoms with van der Waals surface area (Å²) in [5.74, 6) is 0. The number of rotatable bonds is 6. The average molecular weight is 330 g/mol. The van der Waals surface area contributed by atoms with E-state index in [0.717, 1.165) is 5.25 Å². The summed E-state index contributed by atoms with van der Waals surface area (Å²) < 4.78 is 1.92. The zero-order chi connectivity index (χ0) is 16.1. The number of hydrogen-bond donors (Lipinski definition) is 1. The molecule has 1 aromatic heterocycles. The van der Waals surface area contributed by atoms with Crippen LogP contribution in [-0.2, 0) is 13.0 Å². The summed E-state index contributed by atoms with van der Waals surface area (Å²) in [5.41, 5.74) is 0.418. The summed E-state index contributed by atoms with van der Waals surface area (Å²) in [6.07, 6.45) is 12.9. The zero-order valence-corrected chi connectivity index (χ0v) is 14.6. The second-order valence-electron chi connectivity index (χ2n) is 6.93. The number of imidazole rings is 1. The van der Waals surface area contributed by atoms with Crippen molar-refractivity contribution in [2.75, 3.05) is 0 Å². The Morgan fingerprint density at radius 2 is 1.96 bits per heavy atom. The third-order valence-corrected chi connectivity index (χ3v) is 5.79. The van der Waals surface area contributed by atoms with Gasteiger partial charge in [0.15, 0.2) is 0 Å². The molecule has 0 spiro atoms. The molecule has 3 rings (SSSR count). The lowest BCUT2D eigenvalue weighted by Gasteiger charge is -2.24. The second-order valence-corrected chi connectivity index (χ2v) is 8.30. The Balaban J connectivity index is 1.56. The standard InChI is InChI=1S/C19H26N2OS/c1-19(22,14-21-12-11-20-15-21)13-16-7-9-18(10-8-16)23-17-5-3-2-4-6-17/h7-12,15,17,22H,2-6,13-14H2,1H3. The van der Waals surface area contributed by atoms with Crippen LogP contribution in [-0.4, -0.2) is 25.5 Å². The van der Waals surface area contributed by atoms with Crippen LogP contribution < -0.4 is 0 Å². The van der Waals surface area contributed by atoms with Gasteiger partial charge in [0.2, 0.25) is 0 Å². The van der Waals surface area contributed by atoms with Gasteiger partial charge in [0.25, 0.3) is 0 Å². The van der Waals surface area contributed by atoms with Crippen LogP contribution in [0.4, 0.5) is 0 Å². The molecule has 1 fully saturated rings. The smallest absolute Gasteiger partial charge is 0.0946 e. The lowest BCUT2D eigenvalue weighted by atomic mass is 9.96. The Labute approximate surface area is 143 Å². The van der Waals surface area contributed by atoms with E-state index in [4.69, 9.17) is 0 Å². The normalized spacial score (nSPS) is 18.7. The Bertz CT molecular complexity index is 586. The Kier molecular flexibility index (Phi) is 5.44. The highest BCUT2D eigenvalue weighted by Gasteiger charge is 2.21. The number of hydrogen-bond acceptors (Lipinski definition) is 3. The number of benzene rings is 1. The first-order valence-corrected chi connectivity index (χ1v) is 9.42. The third kappa shape index (κ3) is 5.11. The fourth-order valence-electron chi connectivity index (χ4n) is 3.33. The molecular weight excluding hydrogens is 304 g/mol. The van der Waals surface area contributed by atoms with Gasteiger partial charge < -0.3 is 9.67 Å². The molecule has 1 saturated carbocycles. The van der Waals surface area contributed by atoms with Gasteiger partial charge in [0, 0.05) is 29.0 Å². The van der Waals surface area contributed by atoms with E-state index in [2.05, 4.69) is 29.2 Å². The predicted molar refractivity (Wildman–Crippen MR) is 95.7 cm³/mol. The maximum atomic E-state index is 10.6. The zero-order valence-electron chi connectivity index (χ0n) is 13.8. The minimum Gasteiger partial charge on any atom is -0.388 e. The van der Waals surface area contributed by atoms with E-state index in [1.165, 1.54) is 42.6 Å². The van der Waals surface area contributed by atoms with Crippen LogP contribution in [0.2, 0.25) is 0 Å². The van der Waals surface area contributed by atoms with Crippen molar-refractivity contribution in [3.8, 4) is 0 Å². The molecule has 23 heavy (non-hydrogen) atoms. The maximum Gasteiger partial charge on any atom is 0.0946 e. The molecule has 0 saturated heterocycles. The monoisotopic (exact) mass is 330 g/mol. The van der Waals surface area contributed by atoms with Crippen molar-refractivity contribution in [3.05, 3.63) is 48.5 Å². The molecule has 0 radical (unpaired) electrons. The summed E-state index contributed by atoms with van der Waals surface area (Å²) in [4.78, 5) is 5.39. The topological polar surface area (TPSA) is 38.0 Å². The lowest BCUT2D eigenvalue weighted by Crippen LogP contribution is -2.32. The maximum absolute atomic E-state index is 10.6. The first-order chi connectivity index (χ1) is 11.1. The van der Waals surface area contributed by atoms with Gasteiger partial charge in [-0.3, -0.25) is 0 Å². The number of nitrogens with zero attached hydrogens (tertiary/aromatic N) is 2. The van der Waals surface area contributed by atoms with Crippen molar-refractivity contribution in [2.45, 2.75) is 67.7 Å². The summed E-state index contributed by atoms with van der Waals surface area (Å²) in [6.45, 7) is 2.45. The van der Waals surface area contributed by atoms with Gasteiger partial charge in [-0.1, -0.05) is 31.4 Å². The molecule has 0 amide bonds. The summed E-state index contributed by atoms with van der Waals surface area (Å²) >= 11 is 2.02. The largest absolute Gasteiger partial charge is 0.388 e. The molecule has 124 valence electrons. The van der Waals surface area contributed by atoms with E-state index >= 15 is 0 Å².